The molecule has 1 atom stereocenters. The Kier molecular flexibility index (Phi) is 6.04. The summed E-state index contributed by atoms with van der Waals surface area (Å²) >= 11 is 5.68. The fourth-order valence-corrected chi connectivity index (χ4v) is 4.04. The van der Waals surface area contributed by atoms with Crippen LogP contribution in [0.2, 0.25) is 0 Å². The van der Waals surface area contributed by atoms with E-state index >= 15 is 0 Å². The summed E-state index contributed by atoms with van der Waals surface area (Å²) in [6.07, 6.45) is 1.54. The summed E-state index contributed by atoms with van der Waals surface area (Å²) in [5.41, 5.74) is 1.23. The van der Waals surface area contributed by atoms with Gasteiger partial charge in [-0.1, -0.05) is 6.92 Å². The monoisotopic (exact) mass is 321 g/mol. The lowest BCUT2D eigenvalue weighted by atomic mass is 10.3. The van der Waals surface area contributed by atoms with Crippen molar-refractivity contribution in [1.82, 2.24) is 14.1 Å². The summed E-state index contributed by atoms with van der Waals surface area (Å²) in [5, 5.41) is 4.33. The van der Waals surface area contributed by atoms with Gasteiger partial charge < -0.3 is 0 Å². The van der Waals surface area contributed by atoms with Crippen LogP contribution in [0.1, 0.15) is 38.1 Å². The van der Waals surface area contributed by atoms with E-state index in [4.69, 9.17) is 11.6 Å². The third-order valence-electron chi connectivity index (χ3n) is 3.67. The van der Waals surface area contributed by atoms with Crippen LogP contribution in [0.3, 0.4) is 0 Å². The number of nitrogens with zero attached hydrogens (tertiary/aromatic N) is 3. The lowest BCUT2D eigenvalue weighted by Gasteiger charge is -2.23. The van der Waals surface area contributed by atoms with Crippen molar-refractivity contribution in [2.24, 2.45) is 0 Å². The minimum Gasteiger partial charge on any atom is -0.268 e. The van der Waals surface area contributed by atoms with Crippen LogP contribution in [-0.2, 0) is 16.6 Å². The Morgan fingerprint density at radius 1 is 1.40 bits per heavy atom. The number of sulfonamides is 1. The lowest BCUT2D eigenvalue weighted by molar-refractivity contribution is 0.380. The van der Waals surface area contributed by atoms with Gasteiger partial charge in [-0.25, -0.2) is 8.42 Å². The van der Waals surface area contributed by atoms with E-state index in [0.29, 0.717) is 28.7 Å². The molecule has 1 heterocycles. The molecule has 1 aromatic heterocycles. The number of rotatable bonds is 7. The van der Waals surface area contributed by atoms with Crippen molar-refractivity contribution in [2.45, 2.75) is 58.0 Å². The van der Waals surface area contributed by atoms with Crippen LogP contribution in [0.25, 0.3) is 0 Å². The van der Waals surface area contributed by atoms with Crippen molar-refractivity contribution in [3.05, 3.63) is 11.4 Å². The van der Waals surface area contributed by atoms with E-state index in [9.17, 15) is 8.42 Å². The van der Waals surface area contributed by atoms with Crippen molar-refractivity contribution >= 4 is 21.6 Å². The second kappa shape index (κ2) is 6.91. The topological polar surface area (TPSA) is 55.2 Å². The van der Waals surface area contributed by atoms with Crippen molar-refractivity contribution in [3.8, 4) is 0 Å². The molecule has 0 aliphatic rings. The van der Waals surface area contributed by atoms with Gasteiger partial charge in [0, 0.05) is 25.5 Å². The van der Waals surface area contributed by atoms with Crippen LogP contribution >= 0.6 is 11.6 Å². The molecule has 0 radical (unpaired) electrons. The second-order valence-corrected chi connectivity index (χ2v) is 7.36. The molecule has 116 valence electrons. The first-order chi connectivity index (χ1) is 9.27. The number of hydrogen-bond donors (Lipinski definition) is 0. The van der Waals surface area contributed by atoms with Crippen molar-refractivity contribution in [3.63, 3.8) is 0 Å². The average Bonchev–Trinajstić information content (AvgIpc) is 2.69. The molecule has 0 N–H and O–H groups in total. The fourth-order valence-electron chi connectivity index (χ4n) is 2.12. The van der Waals surface area contributed by atoms with Crippen LogP contribution in [0.4, 0.5) is 0 Å². The van der Waals surface area contributed by atoms with E-state index in [1.54, 1.807) is 25.6 Å². The Morgan fingerprint density at radius 3 is 2.50 bits per heavy atom. The van der Waals surface area contributed by atoms with Gasteiger partial charge in [-0.3, -0.25) is 4.68 Å². The van der Waals surface area contributed by atoms with Gasteiger partial charge in [0.1, 0.15) is 4.90 Å². The Labute approximate surface area is 127 Å². The van der Waals surface area contributed by atoms with Gasteiger partial charge in [-0.2, -0.15) is 9.40 Å². The largest absolute Gasteiger partial charge is 0.268 e. The van der Waals surface area contributed by atoms with Crippen LogP contribution in [0.15, 0.2) is 4.90 Å². The van der Waals surface area contributed by atoms with Gasteiger partial charge in [0.15, 0.2) is 0 Å². The van der Waals surface area contributed by atoms with Gasteiger partial charge >= 0.3 is 0 Å². The van der Waals surface area contributed by atoms with Crippen LogP contribution < -0.4 is 0 Å². The molecular weight excluding hydrogens is 298 g/mol. The zero-order valence-electron chi connectivity index (χ0n) is 12.9. The lowest BCUT2D eigenvalue weighted by Crippen LogP contribution is -2.35. The number of aryl methyl sites for hydroxylation is 2. The van der Waals surface area contributed by atoms with Gasteiger partial charge in [0.25, 0.3) is 0 Å². The molecule has 1 rings (SSSR count). The first-order valence-electron chi connectivity index (χ1n) is 6.85. The van der Waals surface area contributed by atoms with Gasteiger partial charge in [-0.15, -0.1) is 11.6 Å². The smallest absolute Gasteiger partial charge is 0.246 e. The molecular formula is C13H24ClN3O2S. The zero-order chi connectivity index (χ0) is 15.5. The maximum absolute atomic E-state index is 12.7. The quantitative estimate of drug-likeness (QED) is 0.725. The molecule has 0 saturated heterocycles. The van der Waals surface area contributed by atoms with Crippen molar-refractivity contribution < 1.29 is 8.42 Å². The summed E-state index contributed by atoms with van der Waals surface area (Å²) in [5.74, 6) is 0.535. The summed E-state index contributed by atoms with van der Waals surface area (Å²) in [6, 6.07) is -0.0370. The van der Waals surface area contributed by atoms with E-state index in [-0.39, 0.29) is 6.04 Å². The minimum atomic E-state index is -3.50. The number of alkyl halides is 1. The van der Waals surface area contributed by atoms with E-state index in [1.807, 2.05) is 13.8 Å². The molecule has 0 fully saturated rings. The SMILES string of the molecule is CCC(C)N(C)S(=O)(=O)c1c(C)nn(CCCCl)c1C. The normalized spacial score (nSPS) is 13.9. The summed E-state index contributed by atoms with van der Waals surface area (Å²) in [7, 11) is -1.88. The third-order valence-corrected chi connectivity index (χ3v) is 6.16. The summed E-state index contributed by atoms with van der Waals surface area (Å²) in [6.45, 7) is 8.05. The van der Waals surface area contributed by atoms with Crippen LogP contribution in [-0.4, -0.2) is 41.5 Å². The molecule has 0 amide bonds. The first-order valence-corrected chi connectivity index (χ1v) is 8.82. The molecule has 20 heavy (non-hydrogen) atoms. The Hall–Kier alpha value is -0.590. The molecule has 0 aliphatic carbocycles. The molecule has 0 bridgehead atoms. The number of hydrogen-bond acceptors (Lipinski definition) is 3. The Bertz CT molecular complexity index is 554. The minimum absolute atomic E-state index is 0.0370. The van der Waals surface area contributed by atoms with E-state index < -0.39 is 10.0 Å². The number of aromatic nitrogens is 2. The van der Waals surface area contributed by atoms with Gasteiger partial charge in [0.2, 0.25) is 10.0 Å². The van der Waals surface area contributed by atoms with Gasteiger partial charge in [0.05, 0.1) is 11.4 Å². The van der Waals surface area contributed by atoms with E-state index in [1.165, 1.54) is 4.31 Å². The van der Waals surface area contributed by atoms with Crippen LogP contribution in [0, 0.1) is 13.8 Å². The average molecular weight is 322 g/mol. The first kappa shape index (κ1) is 17.5. The molecule has 0 aliphatic heterocycles. The predicted octanol–water partition coefficient (Wildman–Crippen LogP) is 2.55. The zero-order valence-corrected chi connectivity index (χ0v) is 14.4. The predicted molar refractivity (Wildman–Crippen MR) is 81.7 cm³/mol. The molecule has 0 aromatic carbocycles. The maximum atomic E-state index is 12.7. The van der Waals surface area contributed by atoms with Crippen molar-refractivity contribution in [1.29, 1.82) is 0 Å². The summed E-state index contributed by atoms with van der Waals surface area (Å²) in [4.78, 5) is 0.329. The standard InChI is InChI=1S/C13H24ClN3O2S/c1-6-10(2)16(5)20(18,19)13-11(3)15-17(12(13)4)9-7-8-14/h10H,6-9H2,1-5H3. The Balaban J connectivity index is 3.22. The van der Waals surface area contributed by atoms with Crippen molar-refractivity contribution in [2.75, 3.05) is 12.9 Å². The molecule has 0 spiro atoms. The fraction of sp³-hybridized carbons (Fsp3) is 0.769. The highest BCUT2D eigenvalue weighted by atomic mass is 35.5. The molecule has 1 aromatic rings. The summed E-state index contributed by atoms with van der Waals surface area (Å²) < 4.78 is 28.6. The molecule has 0 saturated carbocycles. The highest BCUT2D eigenvalue weighted by Gasteiger charge is 2.30. The van der Waals surface area contributed by atoms with E-state index in [0.717, 1.165) is 12.8 Å². The Morgan fingerprint density at radius 2 is 2.00 bits per heavy atom. The third kappa shape index (κ3) is 3.35. The molecule has 1 unspecified atom stereocenters. The highest BCUT2D eigenvalue weighted by Crippen LogP contribution is 2.24. The number of halogens is 1. The van der Waals surface area contributed by atoms with E-state index in [2.05, 4.69) is 5.10 Å². The molecule has 7 heteroatoms. The second-order valence-electron chi connectivity index (χ2n) is 5.04. The molecule has 5 nitrogen and oxygen atoms in total. The van der Waals surface area contributed by atoms with Crippen LogP contribution in [0.5, 0.6) is 0 Å². The highest BCUT2D eigenvalue weighted by molar-refractivity contribution is 7.89. The van der Waals surface area contributed by atoms with Gasteiger partial charge in [-0.05, 0) is 33.6 Å². The maximum Gasteiger partial charge on any atom is 0.246 e.